The number of fused-ring (bicyclic) bond motifs is 1. The van der Waals surface area contributed by atoms with E-state index in [2.05, 4.69) is 4.90 Å². The van der Waals surface area contributed by atoms with E-state index in [-0.39, 0.29) is 6.42 Å². The first-order valence-corrected chi connectivity index (χ1v) is 9.96. The van der Waals surface area contributed by atoms with Gasteiger partial charge in [-0.2, -0.15) is 0 Å². The lowest BCUT2D eigenvalue weighted by Gasteiger charge is -2.25. The van der Waals surface area contributed by atoms with Crippen molar-refractivity contribution in [3.63, 3.8) is 0 Å². The van der Waals surface area contributed by atoms with Crippen LogP contribution in [0.1, 0.15) is 11.1 Å². The third-order valence-corrected chi connectivity index (χ3v) is 6.14. The maximum atomic E-state index is 11.5. The summed E-state index contributed by atoms with van der Waals surface area (Å²) in [5.41, 5.74) is 4.57. The minimum absolute atomic E-state index is 0.0233. The van der Waals surface area contributed by atoms with Crippen LogP contribution in [0.15, 0.2) is 30.3 Å². The Bertz CT molecular complexity index is 995. The zero-order valence-electron chi connectivity index (χ0n) is 14.9. The molecule has 0 aliphatic carbocycles. The number of hydrogen-bond acceptors (Lipinski definition) is 5. The molecule has 1 saturated heterocycles. The Kier molecular flexibility index (Phi) is 5.04. The molecule has 0 spiro atoms. The van der Waals surface area contributed by atoms with Crippen molar-refractivity contribution in [1.29, 1.82) is 0 Å². The number of aromatic nitrogens is 1. The van der Waals surface area contributed by atoms with E-state index in [1.807, 2.05) is 37.3 Å². The first kappa shape index (κ1) is 18.2. The zero-order valence-corrected chi connectivity index (χ0v) is 16.4. The van der Waals surface area contributed by atoms with E-state index in [1.54, 1.807) is 11.3 Å². The lowest BCUT2D eigenvalue weighted by molar-refractivity contribution is -0.136. The summed E-state index contributed by atoms with van der Waals surface area (Å²) in [7, 11) is 0. The number of thiazole rings is 1. The number of ether oxygens (including phenoxy) is 1. The SMILES string of the molecule is Cc1cc2nc(N3CCOCC3)sc2c(-c2ccc(Cl)cc2)c1CC(=O)O. The molecule has 7 heteroatoms. The van der Waals surface area contributed by atoms with Gasteiger partial charge < -0.3 is 14.7 Å². The molecule has 0 bridgehead atoms. The van der Waals surface area contributed by atoms with Crippen LogP contribution in [0.5, 0.6) is 0 Å². The maximum absolute atomic E-state index is 11.5. The van der Waals surface area contributed by atoms with Crippen LogP contribution in [-0.4, -0.2) is 42.4 Å². The Morgan fingerprint density at radius 1 is 1.30 bits per heavy atom. The molecule has 4 rings (SSSR count). The number of halogens is 1. The standard InChI is InChI=1S/C20H19ClN2O3S/c1-12-10-16-19(27-20(22-16)23-6-8-26-9-7-23)18(15(12)11-17(24)25)13-2-4-14(21)5-3-13/h2-5,10H,6-9,11H2,1H3,(H,24,25). The van der Waals surface area contributed by atoms with Crippen LogP contribution < -0.4 is 4.90 Å². The average Bonchev–Trinajstić information content (AvgIpc) is 3.07. The number of carboxylic acids is 1. The van der Waals surface area contributed by atoms with Gasteiger partial charge in [-0.1, -0.05) is 35.1 Å². The quantitative estimate of drug-likeness (QED) is 0.701. The van der Waals surface area contributed by atoms with Crippen molar-refractivity contribution in [2.24, 2.45) is 0 Å². The molecule has 1 N–H and O–H groups in total. The smallest absolute Gasteiger partial charge is 0.307 e. The second kappa shape index (κ2) is 7.46. The van der Waals surface area contributed by atoms with Gasteiger partial charge in [0, 0.05) is 23.7 Å². The van der Waals surface area contributed by atoms with E-state index in [0.29, 0.717) is 18.2 Å². The second-order valence-corrected chi connectivity index (χ2v) is 7.98. The summed E-state index contributed by atoms with van der Waals surface area (Å²) >= 11 is 7.67. The Hall–Kier alpha value is -2.15. The highest BCUT2D eigenvalue weighted by atomic mass is 35.5. The normalized spacial score (nSPS) is 14.7. The van der Waals surface area contributed by atoms with Gasteiger partial charge in [0.05, 0.1) is 29.9 Å². The van der Waals surface area contributed by atoms with E-state index in [0.717, 1.165) is 50.7 Å². The highest BCUT2D eigenvalue weighted by Crippen LogP contribution is 2.41. The molecule has 27 heavy (non-hydrogen) atoms. The first-order chi connectivity index (χ1) is 13.0. The molecule has 0 saturated carbocycles. The molecule has 1 aromatic heterocycles. The van der Waals surface area contributed by atoms with Crippen molar-refractivity contribution in [2.45, 2.75) is 13.3 Å². The summed E-state index contributed by atoms with van der Waals surface area (Å²) in [6.07, 6.45) is -0.0233. The van der Waals surface area contributed by atoms with E-state index < -0.39 is 5.97 Å². The van der Waals surface area contributed by atoms with Crippen molar-refractivity contribution in [3.05, 3.63) is 46.5 Å². The Balaban J connectivity index is 1.92. The lowest BCUT2D eigenvalue weighted by Crippen LogP contribution is -2.36. The van der Waals surface area contributed by atoms with Gasteiger partial charge in [-0.3, -0.25) is 4.79 Å². The Morgan fingerprint density at radius 3 is 2.67 bits per heavy atom. The molecule has 5 nitrogen and oxygen atoms in total. The molecule has 0 atom stereocenters. The molecule has 0 amide bonds. The molecule has 0 unspecified atom stereocenters. The predicted molar refractivity (Wildman–Crippen MR) is 109 cm³/mol. The predicted octanol–water partition coefficient (Wildman–Crippen LogP) is 4.39. The van der Waals surface area contributed by atoms with E-state index in [4.69, 9.17) is 21.3 Å². The zero-order chi connectivity index (χ0) is 19.0. The van der Waals surface area contributed by atoms with Gasteiger partial charge >= 0.3 is 5.97 Å². The highest BCUT2D eigenvalue weighted by molar-refractivity contribution is 7.22. The molecule has 2 heterocycles. The van der Waals surface area contributed by atoms with Gasteiger partial charge in [0.25, 0.3) is 0 Å². The number of carboxylic acid groups (broad SMARTS) is 1. The number of morpholine rings is 1. The van der Waals surface area contributed by atoms with Crippen LogP contribution in [0.25, 0.3) is 21.3 Å². The summed E-state index contributed by atoms with van der Waals surface area (Å²) < 4.78 is 6.45. The van der Waals surface area contributed by atoms with Crippen LogP contribution in [0.2, 0.25) is 5.02 Å². The fourth-order valence-corrected chi connectivity index (χ4v) is 4.73. The number of carbonyl (C=O) groups is 1. The summed E-state index contributed by atoms with van der Waals surface area (Å²) in [6, 6.07) is 9.54. The molecule has 1 aliphatic heterocycles. The third kappa shape index (κ3) is 3.65. The molecule has 2 aromatic carbocycles. The molecule has 1 fully saturated rings. The maximum Gasteiger partial charge on any atom is 0.307 e. The summed E-state index contributed by atoms with van der Waals surface area (Å²) in [4.78, 5) is 18.6. The van der Waals surface area contributed by atoms with Crippen molar-refractivity contribution in [2.75, 3.05) is 31.2 Å². The fraction of sp³-hybridized carbons (Fsp3) is 0.300. The molecule has 1 aliphatic rings. The molecule has 0 radical (unpaired) electrons. The number of benzene rings is 2. The van der Waals surface area contributed by atoms with Crippen molar-refractivity contribution < 1.29 is 14.6 Å². The number of hydrogen-bond donors (Lipinski definition) is 1. The van der Waals surface area contributed by atoms with Gasteiger partial charge in [-0.15, -0.1) is 0 Å². The average molecular weight is 403 g/mol. The largest absolute Gasteiger partial charge is 0.481 e. The number of nitrogens with zero attached hydrogens (tertiary/aromatic N) is 2. The van der Waals surface area contributed by atoms with Crippen LogP contribution in [0.3, 0.4) is 0 Å². The number of rotatable bonds is 4. The van der Waals surface area contributed by atoms with E-state index in [9.17, 15) is 9.90 Å². The molecule has 140 valence electrons. The second-order valence-electron chi connectivity index (χ2n) is 6.57. The van der Waals surface area contributed by atoms with Gasteiger partial charge in [0.15, 0.2) is 5.13 Å². The topological polar surface area (TPSA) is 62.7 Å². The van der Waals surface area contributed by atoms with Crippen LogP contribution in [0, 0.1) is 6.92 Å². The summed E-state index contributed by atoms with van der Waals surface area (Å²) in [5.74, 6) is -0.842. The van der Waals surface area contributed by atoms with Crippen molar-refractivity contribution in [1.82, 2.24) is 4.98 Å². The van der Waals surface area contributed by atoms with Gasteiger partial charge in [0.2, 0.25) is 0 Å². The van der Waals surface area contributed by atoms with E-state index >= 15 is 0 Å². The number of aryl methyl sites for hydroxylation is 1. The highest BCUT2D eigenvalue weighted by Gasteiger charge is 2.21. The monoisotopic (exact) mass is 402 g/mol. The molecule has 3 aromatic rings. The Labute approximate surface area is 166 Å². The van der Waals surface area contributed by atoms with Gasteiger partial charge in [0.1, 0.15) is 0 Å². The summed E-state index contributed by atoms with van der Waals surface area (Å²) in [5, 5.41) is 11.0. The van der Waals surface area contributed by atoms with Crippen molar-refractivity contribution in [3.8, 4) is 11.1 Å². The third-order valence-electron chi connectivity index (χ3n) is 4.74. The fourth-order valence-electron chi connectivity index (χ4n) is 3.41. The van der Waals surface area contributed by atoms with E-state index in [1.165, 1.54) is 0 Å². The van der Waals surface area contributed by atoms with Crippen molar-refractivity contribution >= 4 is 44.3 Å². The Morgan fingerprint density at radius 2 is 2.00 bits per heavy atom. The van der Waals surface area contributed by atoms with Gasteiger partial charge in [-0.25, -0.2) is 4.98 Å². The number of anilines is 1. The minimum atomic E-state index is -0.842. The minimum Gasteiger partial charge on any atom is -0.481 e. The number of aliphatic carboxylic acids is 1. The summed E-state index contributed by atoms with van der Waals surface area (Å²) in [6.45, 7) is 4.98. The first-order valence-electron chi connectivity index (χ1n) is 8.76. The van der Waals surface area contributed by atoms with Crippen LogP contribution in [-0.2, 0) is 16.0 Å². The van der Waals surface area contributed by atoms with Gasteiger partial charge in [-0.05, 0) is 41.8 Å². The molecular formula is C20H19ClN2O3S. The molecular weight excluding hydrogens is 384 g/mol. The lowest BCUT2D eigenvalue weighted by atomic mass is 9.93. The van der Waals surface area contributed by atoms with Crippen LogP contribution >= 0.6 is 22.9 Å². The van der Waals surface area contributed by atoms with Crippen LogP contribution in [0.4, 0.5) is 5.13 Å².